The summed E-state index contributed by atoms with van der Waals surface area (Å²) in [6, 6.07) is 12.8. The lowest BCUT2D eigenvalue weighted by Gasteiger charge is -2.59. The first-order valence-electron chi connectivity index (χ1n) is 14.9. The van der Waals surface area contributed by atoms with E-state index in [2.05, 4.69) is 21.1 Å². The number of nitrogens with zero attached hydrogens (tertiary/aromatic N) is 3. The standard InChI is InChI=1S/C34H32F3N3O4/c1-19(2)43-29-14-28(32(41)42)38-27-12-10-22(13-25(27)29)40-17-33(18-40)15-20(16-33)7-11-24-30(39-44-31(24)21-8-9-21)23-5-3-4-6-26(23)34(35,36)37/h3-7,10-14,19-21H,8-9,15-18H2,1-2H3,(H,41,42). The van der Waals surface area contributed by atoms with E-state index < -0.39 is 17.7 Å². The third-order valence-corrected chi connectivity index (χ3v) is 8.87. The van der Waals surface area contributed by atoms with Gasteiger partial charge in [-0.25, -0.2) is 9.78 Å². The minimum atomic E-state index is -4.49. The van der Waals surface area contributed by atoms with Crippen molar-refractivity contribution >= 4 is 28.6 Å². The monoisotopic (exact) mass is 603 g/mol. The van der Waals surface area contributed by atoms with Crippen molar-refractivity contribution in [2.75, 3.05) is 18.0 Å². The highest BCUT2D eigenvalue weighted by Gasteiger charge is 2.51. The zero-order valence-corrected chi connectivity index (χ0v) is 24.4. The Labute approximate surface area is 252 Å². The lowest BCUT2D eigenvalue weighted by atomic mass is 9.57. The van der Waals surface area contributed by atoms with Crippen molar-refractivity contribution in [1.29, 1.82) is 0 Å². The molecule has 0 radical (unpaired) electrons. The predicted molar refractivity (Wildman–Crippen MR) is 160 cm³/mol. The Morgan fingerprint density at radius 3 is 2.57 bits per heavy atom. The summed E-state index contributed by atoms with van der Waals surface area (Å²) in [5.74, 6) is 0.620. The maximum Gasteiger partial charge on any atom is 0.417 e. The van der Waals surface area contributed by atoms with Crippen LogP contribution in [0.5, 0.6) is 5.75 Å². The van der Waals surface area contributed by atoms with Crippen LogP contribution in [0.3, 0.4) is 0 Å². The van der Waals surface area contributed by atoms with Gasteiger partial charge in [-0.1, -0.05) is 35.5 Å². The summed E-state index contributed by atoms with van der Waals surface area (Å²) in [6.45, 7) is 5.59. The van der Waals surface area contributed by atoms with E-state index in [9.17, 15) is 23.1 Å². The van der Waals surface area contributed by atoms with E-state index in [4.69, 9.17) is 9.26 Å². The van der Waals surface area contributed by atoms with Crippen molar-refractivity contribution in [1.82, 2.24) is 10.1 Å². The summed E-state index contributed by atoms with van der Waals surface area (Å²) in [5.41, 5.74) is 2.00. The van der Waals surface area contributed by atoms with Crippen molar-refractivity contribution in [3.8, 4) is 17.0 Å². The number of aromatic carboxylic acids is 1. The van der Waals surface area contributed by atoms with Gasteiger partial charge in [-0.3, -0.25) is 0 Å². The molecule has 4 aromatic rings. The topological polar surface area (TPSA) is 88.7 Å². The molecule has 2 saturated carbocycles. The molecule has 44 heavy (non-hydrogen) atoms. The Morgan fingerprint density at radius 1 is 1.14 bits per heavy atom. The number of allylic oxidation sites excluding steroid dienone is 1. The van der Waals surface area contributed by atoms with Gasteiger partial charge in [-0.05, 0) is 69.7 Å². The van der Waals surface area contributed by atoms with Gasteiger partial charge in [0.25, 0.3) is 0 Å². The molecule has 2 aromatic carbocycles. The molecule has 1 spiro atoms. The van der Waals surface area contributed by atoms with Crippen LogP contribution in [0.15, 0.2) is 59.1 Å². The van der Waals surface area contributed by atoms with Crippen LogP contribution in [0, 0.1) is 11.3 Å². The first kappa shape index (κ1) is 28.4. The molecule has 0 amide bonds. The molecule has 3 aliphatic rings. The van der Waals surface area contributed by atoms with Gasteiger partial charge in [-0.15, -0.1) is 0 Å². The van der Waals surface area contributed by atoms with Gasteiger partial charge in [0.1, 0.15) is 17.2 Å². The molecule has 3 heterocycles. The van der Waals surface area contributed by atoms with Crippen molar-refractivity contribution in [2.45, 2.75) is 57.7 Å². The number of hydrogen-bond donors (Lipinski definition) is 1. The van der Waals surface area contributed by atoms with Crippen molar-refractivity contribution in [3.63, 3.8) is 0 Å². The predicted octanol–water partition coefficient (Wildman–Crippen LogP) is 8.20. The molecule has 1 N–H and O–H groups in total. The van der Waals surface area contributed by atoms with E-state index in [0.717, 1.165) is 55.9 Å². The fourth-order valence-electron chi connectivity index (χ4n) is 6.71. The summed E-state index contributed by atoms with van der Waals surface area (Å²) < 4.78 is 52.9. The number of rotatable bonds is 8. The summed E-state index contributed by atoms with van der Waals surface area (Å²) in [5, 5.41) is 14.4. The normalized spacial score (nSPS) is 18.3. The van der Waals surface area contributed by atoms with E-state index in [1.54, 1.807) is 6.07 Å². The smallest absolute Gasteiger partial charge is 0.417 e. The maximum atomic E-state index is 13.8. The summed E-state index contributed by atoms with van der Waals surface area (Å²) in [6.07, 6.45) is 3.34. The Bertz CT molecular complexity index is 1780. The number of benzene rings is 2. The van der Waals surface area contributed by atoms with Gasteiger partial charge in [0, 0.05) is 52.7 Å². The number of hydrogen-bond acceptors (Lipinski definition) is 6. The van der Waals surface area contributed by atoms with Crippen LogP contribution in [-0.4, -0.2) is 40.4 Å². The van der Waals surface area contributed by atoms with Gasteiger partial charge in [-0.2, -0.15) is 13.2 Å². The largest absolute Gasteiger partial charge is 0.490 e. The number of carboxylic acids is 1. The number of aromatic nitrogens is 2. The minimum Gasteiger partial charge on any atom is -0.490 e. The van der Waals surface area contributed by atoms with Crippen LogP contribution in [0.1, 0.15) is 72.8 Å². The van der Waals surface area contributed by atoms with Gasteiger partial charge >= 0.3 is 12.1 Å². The lowest BCUT2D eigenvalue weighted by Crippen LogP contribution is -2.62. The second-order valence-electron chi connectivity index (χ2n) is 12.7. The fourth-order valence-corrected chi connectivity index (χ4v) is 6.71. The average Bonchev–Trinajstić information content (AvgIpc) is 3.69. The van der Waals surface area contributed by atoms with Gasteiger partial charge < -0.3 is 19.3 Å². The van der Waals surface area contributed by atoms with Crippen LogP contribution in [0.2, 0.25) is 0 Å². The molecule has 2 aliphatic carbocycles. The van der Waals surface area contributed by atoms with Crippen LogP contribution in [0.25, 0.3) is 28.2 Å². The van der Waals surface area contributed by atoms with Crippen molar-refractivity contribution in [3.05, 3.63) is 77.2 Å². The number of ether oxygens (including phenoxy) is 1. The number of halogens is 3. The highest BCUT2D eigenvalue weighted by molar-refractivity contribution is 5.94. The highest BCUT2D eigenvalue weighted by atomic mass is 19.4. The third-order valence-electron chi connectivity index (χ3n) is 8.87. The minimum absolute atomic E-state index is 0.0433. The number of alkyl halides is 3. The molecule has 0 unspecified atom stereocenters. The molecule has 1 aliphatic heterocycles. The molecule has 10 heteroatoms. The Morgan fingerprint density at radius 2 is 1.89 bits per heavy atom. The van der Waals surface area contributed by atoms with Gasteiger partial charge in [0.2, 0.25) is 0 Å². The molecule has 3 fully saturated rings. The van der Waals surface area contributed by atoms with E-state index in [1.165, 1.54) is 18.2 Å². The molecular formula is C34H32F3N3O4. The maximum absolute atomic E-state index is 13.8. The second kappa shape index (κ2) is 10.4. The number of anilines is 1. The second-order valence-corrected chi connectivity index (χ2v) is 12.7. The first-order chi connectivity index (χ1) is 21.0. The highest BCUT2D eigenvalue weighted by Crippen LogP contribution is 2.54. The summed E-state index contributed by atoms with van der Waals surface area (Å²) >= 11 is 0. The van der Waals surface area contributed by atoms with E-state index in [0.29, 0.717) is 28.5 Å². The molecule has 1 saturated heterocycles. The number of fused-ring (bicyclic) bond motifs is 1. The number of carboxylic acid groups (broad SMARTS) is 1. The molecule has 228 valence electrons. The van der Waals surface area contributed by atoms with E-state index in [1.807, 2.05) is 38.1 Å². The summed E-state index contributed by atoms with van der Waals surface area (Å²) in [7, 11) is 0. The van der Waals surface area contributed by atoms with Crippen LogP contribution >= 0.6 is 0 Å². The molecule has 0 bridgehead atoms. The number of carbonyl (C=O) groups is 1. The SMILES string of the molecule is CC(C)Oc1cc(C(=O)O)nc2ccc(N3CC4(CC(C=Cc5c(-c6ccccc6C(F)(F)F)noc5C5CC5)C4)C3)cc12. The number of pyridine rings is 1. The van der Waals surface area contributed by atoms with Crippen LogP contribution in [-0.2, 0) is 6.18 Å². The van der Waals surface area contributed by atoms with Crippen LogP contribution in [0.4, 0.5) is 18.9 Å². The Hall–Kier alpha value is -4.34. The molecule has 7 nitrogen and oxygen atoms in total. The van der Waals surface area contributed by atoms with E-state index >= 15 is 0 Å². The molecule has 2 aromatic heterocycles. The zero-order valence-electron chi connectivity index (χ0n) is 24.4. The lowest BCUT2D eigenvalue weighted by molar-refractivity contribution is -0.137. The zero-order chi connectivity index (χ0) is 30.8. The molecule has 0 atom stereocenters. The first-order valence-corrected chi connectivity index (χ1v) is 14.9. The molecule has 7 rings (SSSR count). The average molecular weight is 604 g/mol. The van der Waals surface area contributed by atoms with Crippen molar-refractivity contribution < 1.29 is 32.3 Å². The Balaban J connectivity index is 1.06. The Kier molecular flexibility index (Phi) is 6.71. The van der Waals surface area contributed by atoms with E-state index in [-0.39, 0.29) is 34.4 Å². The van der Waals surface area contributed by atoms with Gasteiger partial charge in [0.15, 0.2) is 5.69 Å². The van der Waals surface area contributed by atoms with Crippen molar-refractivity contribution in [2.24, 2.45) is 11.3 Å². The van der Waals surface area contributed by atoms with Crippen LogP contribution < -0.4 is 9.64 Å². The molecular weight excluding hydrogens is 571 g/mol. The fraction of sp³-hybridized carbons (Fsp3) is 0.382. The van der Waals surface area contributed by atoms with Gasteiger partial charge in [0.05, 0.1) is 17.2 Å². The third kappa shape index (κ3) is 5.20. The quantitative estimate of drug-likeness (QED) is 0.217. The summed E-state index contributed by atoms with van der Waals surface area (Å²) in [4.78, 5) is 18.2.